The van der Waals surface area contributed by atoms with Crippen molar-refractivity contribution in [3.8, 4) is 0 Å². The Morgan fingerprint density at radius 1 is 1.07 bits per heavy atom. The lowest BCUT2D eigenvalue weighted by Gasteiger charge is -2.27. The van der Waals surface area contributed by atoms with Gasteiger partial charge in [0.05, 0.1) is 11.3 Å². The zero-order chi connectivity index (χ0) is 18.6. The first kappa shape index (κ1) is 17.9. The summed E-state index contributed by atoms with van der Waals surface area (Å²) in [6, 6.07) is 16.7. The van der Waals surface area contributed by atoms with E-state index in [1.54, 1.807) is 23.9 Å². The molecule has 138 valence electrons. The molecule has 1 aromatic heterocycles. The van der Waals surface area contributed by atoms with Crippen LogP contribution in [0.1, 0.15) is 22.4 Å². The van der Waals surface area contributed by atoms with Crippen LogP contribution in [0, 0.1) is 5.82 Å². The number of nitrogens with one attached hydrogen (secondary N) is 1. The van der Waals surface area contributed by atoms with Gasteiger partial charge in [0.25, 0.3) is 5.56 Å². The Kier molecular flexibility index (Phi) is 5.36. The van der Waals surface area contributed by atoms with Crippen LogP contribution in [-0.4, -0.2) is 21.4 Å². The van der Waals surface area contributed by atoms with Crippen molar-refractivity contribution in [2.24, 2.45) is 0 Å². The highest BCUT2D eigenvalue weighted by Crippen LogP contribution is 2.22. The highest BCUT2D eigenvalue weighted by molar-refractivity contribution is 7.98. The number of hydrogen-bond acceptors (Lipinski definition) is 4. The van der Waals surface area contributed by atoms with Crippen LogP contribution in [0.4, 0.5) is 4.39 Å². The van der Waals surface area contributed by atoms with Gasteiger partial charge in [0.1, 0.15) is 5.82 Å². The molecule has 1 N–H and O–H groups in total. The summed E-state index contributed by atoms with van der Waals surface area (Å²) in [5.74, 6) is 0.545. The highest BCUT2D eigenvalue weighted by Gasteiger charge is 2.21. The first-order valence-electron chi connectivity index (χ1n) is 8.93. The third kappa shape index (κ3) is 4.46. The van der Waals surface area contributed by atoms with Crippen LogP contribution < -0.4 is 5.56 Å². The molecule has 4 rings (SSSR count). The number of thioether (sulfide) groups is 1. The topological polar surface area (TPSA) is 49.0 Å². The molecule has 0 unspecified atom stereocenters. The molecule has 0 atom stereocenters. The van der Waals surface area contributed by atoms with E-state index in [4.69, 9.17) is 0 Å². The van der Waals surface area contributed by atoms with Crippen molar-refractivity contribution >= 4 is 11.8 Å². The number of rotatable bonds is 5. The average Bonchev–Trinajstić information content (AvgIpc) is 2.69. The molecule has 0 radical (unpaired) electrons. The van der Waals surface area contributed by atoms with Gasteiger partial charge in [-0.1, -0.05) is 54.2 Å². The molecule has 0 aliphatic carbocycles. The fourth-order valence-electron chi connectivity index (χ4n) is 3.24. The predicted octanol–water partition coefficient (Wildman–Crippen LogP) is 3.76. The van der Waals surface area contributed by atoms with Gasteiger partial charge in [0.15, 0.2) is 5.16 Å². The average molecular weight is 381 g/mol. The second-order valence-electron chi connectivity index (χ2n) is 6.66. The molecule has 0 fully saturated rings. The van der Waals surface area contributed by atoms with Crippen molar-refractivity contribution in [1.29, 1.82) is 0 Å². The van der Waals surface area contributed by atoms with Gasteiger partial charge in [0.2, 0.25) is 0 Å². The molecule has 3 aromatic rings. The molecular weight excluding hydrogens is 361 g/mol. The normalized spacial score (nSPS) is 14.1. The van der Waals surface area contributed by atoms with Crippen molar-refractivity contribution in [2.45, 2.75) is 30.4 Å². The van der Waals surface area contributed by atoms with Crippen molar-refractivity contribution in [3.63, 3.8) is 0 Å². The first-order valence-corrected chi connectivity index (χ1v) is 9.91. The summed E-state index contributed by atoms with van der Waals surface area (Å²) in [6.45, 7) is 2.10. The summed E-state index contributed by atoms with van der Waals surface area (Å²) in [7, 11) is 0. The Morgan fingerprint density at radius 3 is 2.63 bits per heavy atom. The second kappa shape index (κ2) is 8.06. The Bertz CT molecular complexity index is 973. The van der Waals surface area contributed by atoms with E-state index in [9.17, 15) is 9.18 Å². The number of nitrogens with zero attached hydrogens (tertiary/aromatic N) is 2. The molecule has 2 aromatic carbocycles. The van der Waals surface area contributed by atoms with E-state index in [-0.39, 0.29) is 11.4 Å². The monoisotopic (exact) mass is 381 g/mol. The molecule has 0 bridgehead atoms. The number of fused-ring (bicyclic) bond motifs is 1. The lowest BCUT2D eigenvalue weighted by Crippen LogP contribution is -2.35. The van der Waals surface area contributed by atoms with Gasteiger partial charge in [-0.3, -0.25) is 9.69 Å². The summed E-state index contributed by atoms with van der Waals surface area (Å²) in [4.78, 5) is 22.3. The summed E-state index contributed by atoms with van der Waals surface area (Å²) in [6.07, 6.45) is 0.749. The predicted molar refractivity (Wildman–Crippen MR) is 105 cm³/mol. The number of aromatic amines is 1. The number of hydrogen-bond donors (Lipinski definition) is 1. The fourth-order valence-corrected chi connectivity index (χ4v) is 4.07. The number of benzene rings is 2. The summed E-state index contributed by atoms with van der Waals surface area (Å²) in [5.41, 5.74) is 3.82. The Labute approximate surface area is 161 Å². The van der Waals surface area contributed by atoms with Crippen molar-refractivity contribution in [3.05, 3.63) is 93.2 Å². The summed E-state index contributed by atoms with van der Waals surface area (Å²) >= 11 is 1.55. The van der Waals surface area contributed by atoms with Gasteiger partial charge in [-0.25, -0.2) is 9.37 Å². The lowest BCUT2D eigenvalue weighted by atomic mass is 10.1. The highest BCUT2D eigenvalue weighted by atomic mass is 32.2. The van der Waals surface area contributed by atoms with Crippen LogP contribution in [0.3, 0.4) is 0 Å². The van der Waals surface area contributed by atoms with E-state index in [1.807, 2.05) is 18.2 Å². The Balaban J connectivity index is 1.44. The minimum Gasteiger partial charge on any atom is -0.301 e. The maximum Gasteiger partial charge on any atom is 0.256 e. The van der Waals surface area contributed by atoms with Crippen LogP contribution in [-0.2, 0) is 25.3 Å². The maximum absolute atomic E-state index is 13.1. The van der Waals surface area contributed by atoms with E-state index < -0.39 is 0 Å². The van der Waals surface area contributed by atoms with E-state index in [2.05, 4.69) is 27.0 Å². The van der Waals surface area contributed by atoms with E-state index in [0.29, 0.717) is 18.2 Å². The smallest absolute Gasteiger partial charge is 0.256 e. The second-order valence-corrected chi connectivity index (χ2v) is 7.62. The number of halogens is 1. The molecule has 6 heteroatoms. The number of aromatic nitrogens is 2. The maximum atomic E-state index is 13.1. The standard InChI is InChI=1S/C21H20FN3OS/c22-17-8-6-15(7-9-17)12-25-11-10-19-18(13-25)20(26)24-21(23-19)27-14-16-4-2-1-3-5-16/h1-9H,10-14H2,(H,23,24,26). The summed E-state index contributed by atoms with van der Waals surface area (Å²) < 4.78 is 13.1. The van der Waals surface area contributed by atoms with Crippen LogP contribution in [0.25, 0.3) is 0 Å². The van der Waals surface area contributed by atoms with E-state index in [0.717, 1.165) is 35.5 Å². The molecule has 0 amide bonds. The van der Waals surface area contributed by atoms with E-state index >= 15 is 0 Å². The third-order valence-corrected chi connectivity index (χ3v) is 5.61. The van der Waals surface area contributed by atoms with Crippen LogP contribution in [0.15, 0.2) is 64.5 Å². The minimum atomic E-state index is -0.232. The summed E-state index contributed by atoms with van der Waals surface area (Å²) in [5, 5.41) is 0.676. The molecule has 0 saturated carbocycles. The lowest BCUT2D eigenvalue weighted by molar-refractivity contribution is 0.241. The van der Waals surface area contributed by atoms with Crippen molar-refractivity contribution in [2.75, 3.05) is 6.54 Å². The quantitative estimate of drug-likeness (QED) is 0.540. The Hall–Kier alpha value is -2.44. The van der Waals surface area contributed by atoms with E-state index in [1.165, 1.54) is 17.7 Å². The van der Waals surface area contributed by atoms with Crippen LogP contribution in [0.5, 0.6) is 0 Å². The number of H-pyrrole nitrogens is 1. The molecule has 0 spiro atoms. The molecule has 27 heavy (non-hydrogen) atoms. The first-order chi connectivity index (χ1) is 13.2. The van der Waals surface area contributed by atoms with Gasteiger partial charge in [-0.05, 0) is 23.3 Å². The van der Waals surface area contributed by atoms with Gasteiger partial charge in [-0.2, -0.15) is 0 Å². The Morgan fingerprint density at radius 2 is 1.85 bits per heavy atom. The van der Waals surface area contributed by atoms with Crippen LogP contribution in [0.2, 0.25) is 0 Å². The van der Waals surface area contributed by atoms with Crippen molar-refractivity contribution < 1.29 is 4.39 Å². The zero-order valence-electron chi connectivity index (χ0n) is 14.8. The minimum absolute atomic E-state index is 0.0561. The molecule has 2 heterocycles. The van der Waals surface area contributed by atoms with Gasteiger partial charge < -0.3 is 4.98 Å². The molecular formula is C21H20FN3OS. The molecule has 0 saturated heterocycles. The SMILES string of the molecule is O=c1[nH]c(SCc2ccccc2)nc2c1CN(Cc1ccc(F)cc1)CC2. The largest absolute Gasteiger partial charge is 0.301 e. The van der Waals surface area contributed by atoms with Gasteiger partial charge in [0, 0.05) is 31.8 Å². The van der Waals surface area contributed by atoms with Gasteiger partial charge >= 0.3 is 0 Å². The van der Waals surface area contributed by atoms with Crippen molar-refractivity contribution in [1.82, 2.24) is 14.9 Å². The van der Waals surface area contributed by atoms with Crippen LogP contribution >= 0.6 is 11.8 Å². The van der Waals surface area contributed by atoms with Gasteiger partial charge in [-0.15, -0.1) is 0 Å². The third-order valence-electron chi connectivity index (χ3n) is 4.66. The molecule has 4 nitrogen and oxygen atoms in total. The molecule has 1 aliphatic rings. The molecule has 1 aliphatic heterocycles. The zero-order valence-corrected chi connectivity index (χ0v) is 15.6. The fraction of sp³-hybridized carbons (Fsp3) is 0.238.